The van der Waals surface area contributed by atoms with Gasteiger partial charge in [0.25, 0.3) is 5.91 Å². The first kappa shape index (κ1) is 25.7. The Kier molecular flexibility index (Phi) is 7.99. The molecule has 1 heterocycles. The largest absolute Gasteiger partial charge is 0.496 e. The summed E-state index contributed by atoms with van der Waals surface area (Å²) in [6, 6.07) is 13.3. The summed E-state index contributed by atoms with van der Waals surface area (Å²) in [6.07, 6.45) is 1.59. The fraction of sp³-hybridized carbons (Fsp3) is 0.440. The summed E-state index contributed by atoms with van der Waals surface area (Å²) in [5, 5.41) is 3.00. The van der Waals surface area contributed by atoms with Crippen LogP contribution >= 0.6 is 0 Å². The van der Waals surface area contributed by atoms with Gasteiger partial charge in [-0.15, -0.1) is 0 Å². The number of likely N-dealkylation sites (tertiary alicyclic amines) is 1. The molecule has 9 heteroatoms. The van der Waals surface area contributed by atoms with Gasteiger partial charge in [-0.2, -0.15) is 0 Å². The van der Waals surface area contributed by atoms with Crippen LogP contribution in [0, 0.1) is 0 Å². The Bertz CT molecular complexity index is 1120. The molecule has 0 unspecified atom stereocenters. The van der Waals surface area contributed by atoms with Crippen LogP contribution in [0.15, 0.2) is 53.4 Å². The minimum Gasteiger partial charge on any atom is -0.496 e. The molecule has 0 saturated carbocycles. The second kappa shape index (κ2) is 10.6. The Balaban J connectivity index is 1.52. The topological polar surface area (TPSA) is 105 Å². The third kappa shape index (κ3) is 6.80. The molecule has 8 nitrogen and oxygen atoms in total. The number of ether oxygens (including phenoxy) is 1. The normalized spacial score (nSPS) is 15.1. The number of sulfonamides is 1. The van der Waals surface area contributed by atoms with Crippen molar-refractivity contribution in [3.05, 3.63) is 59.7 Å². The summed E-state index contributed by atoms with van der Waals surface area (Å²) in [5.74, 6) is 0.479. The molecule has 34 heavy (non-hydrogen) atoms. The summed E-state index contributed by atoms with van der Waals surface area (Å²) >= 11 is 0. The first-order chi connectivity index (χ1) is 16.0. The van der Waals surface area contributed by atoms with E-state index in [0.29, 0.717) is 37.2 Å². The Labute approximate surface area is 201 Å². The SMILES string of the molecule is COc1ccccc1CC(=O)N1CCC(NC(=O)c2ccc(S(=O)(=O)NC(C)(C)C)cc2)CC1. The zero-order valence-electron chi connectivity index (χ0n) is 20.1. The van der Waals surface area contributed by atoms with Gasteiger partial charge in [-0.3, -0.25) is 9.59 Å². The van der Waals surface area contributed by atoms with E-state index in [1.807, 2.05) is 29.2 Å². The van der Waals surface area contributed by atoms with E-state index in [1.54, 1.807) is 27.9 Å². The van der Waals surface area contributed by atoms with E-state index in [0.717, 1.165) is 5.56 Å². The predicted molar refractivity (Wildman–Crippen MR) is 130 cm³/mol. The van der Waals surface area contributed by atoms with Crippen molar-refractivity contribution < 1.29 is 22.7 Å². The minimum absolute atomic E-state index is 0.0370. The van der Waals surface area contributed by atoms with Crippen molar-refractivity contribution in [2.45, 2.75) is 56.5 Å². The second-order valence-electron chi connectivity index (χ2n) is 9.50. The Morgan fingerprint density at radius 2 is 1.65 bits per heavy atom. The molecule has 2 N–H and O–H groups in total. The number of piperidine rings is 1. The maximum absolute atomic E-state index is 12.7. The van der Waals surface area contributed by atoms with Gasteiger partial charge in [0.05, 0.1) is 18.4 Å². The lowest BCUT2D eigenvalue weighted by Crippen LogP contribution is -2.47. The van der Waals surface area contributed by atoms with Crippen LogP contribution in [0.1, 0.15) is 49.5 Å². The maximum Gasteiger partial charge on any atom is 0.251 e. The fourth-order valence-corrected chi connectivity index (χ4v) is 5.33. The molecule has 3 rings (SSSR count). The van der Waals surface area contributed by atoms with Crippen LogP contribution in [0.3, 0.4) is 0 Å². The molecular formula is C25H33N3O5S. The highest BCUT2D eigenvalue weighted by molar-refractivity contribution is 7.89. The van der Waals surface area contributed by atoms with Crippen molar-refractivity contribution in [2.24, 2.45) is 0 Å². The molecule has 0 atom stereocenters. The molecule has 2 aromatic rings. The Morgan fingerprint density at radius 1 is 1.03 bits per heavy atom. The minimum atomic E-state index is -3.66. The average Bonchev–Trinajstić information content (AvgIpc) is 2.78. The fourth-order valence-electron chi connectivity index (χ4n) is 3.91. The van der Waals surface area contributed by atoms with Crippen molar-refractivity contribution >= 4 is 21.8 Å². The van der Waals surface area contributed by atoms with Crippen LogP contribution in [0.4, 0.5) is 0 Å². The first-order valence-electron chi connectivity index (χ1n) is 11.3. The van der Waals surface area contributed by atoms with Gasteiger partial charge >= 0.3 is 0 Å². The third-order valence-electron chi connectivity index (χ3n) is 5.58. The van der Waals surface area contributed by atoms with E-state index in [-0.39, 0.29) is 29.2 Å². The molecule has 1 saturated heterocycles. The zero-order chi connectivity index (χ0) is 24.9. The van der Waals surface area contributed by atoms with Crippen molar-refractivity contribution in [1.82, 2.24) is 14.9 Å². The van der Waals surface area contributed by atoms with Crippen LogP contribution in [0.25, 0.3) is 0 Å². The van der Waals surface area contributed by atoms with Crippen molar-refractivity contribution in [2.75, 3.05) is 20.2 Å². The zero-order valence-corrected chi connectivity index (χ0v) is 20.9. The van der Waals surface area contributed by atoms with E-state index >= 15 is 0 Å². The van der Waals surface area contributed by atoms with E-state index in [9.17, 15) is 18.0 Å². The van der Waals surface area contributed by atoms with Gasteiger partial charge in [0.2, 0.25) is 15.9 Å². The molecule has 1 aliphatic heterocycles. The smallest absolute Gasteiger partial charge is 0.251 e. The quantitative estimate of drug-likeness (QED) is 0.625. The van der Waals surface area contributed by atoms with Crippen molar-refractivity contribution in [1.29, 1.82) is 0 Å². The highest BCUT2D eigenvalue weighted by Gasteiger charge is 2.25. The highest BCUT2D eigenvalue weighted by Crippen LogP contribution is 2.20. The van der Waals surface area contributed by atoms with E-state index in [2.05, 4.69) is 10.0 Å². The lowest BCUT2D eigenvalue weighted by Gasteiger charge is -2.32. The van der Waals surface area contributed by atoms with Gasteiger partial charge in [0.1, 0.15) is 5.75 Å². The molecule has 0 spiro atoms. The summed E-state index contributed by atoms with van der Waals surface area (Å²) in [7, 11) is -2.07. The number of hydrogen-bond donors (Lipinski definition) is 2. The first-order valence-corrected chi connectivity index (χ1v) is 12.8. The molecule has 0 aliphatic carbocycles. The van der Waals surface area contributed by atoms with E-state index < -0.39 is 15.6 Å². The van der Waals surface area contributed by atoms with Crippen LogP contribution in [-0.2, 0) is 21.2 Å². The molecule has 1 fully saturated rings. The molecule has 0 bridgehead atoms. The number of nitrogens with one attached hydrogen (secondary N) is 2. The number of nitrogens with zero attached hydrogens (tertiary/aromatic N) is 1. The molecule has 0 aromatic heterocycles. The molecule has 2 amide bonds. The van der Waals surface area contributed by atoms with Crippen LogP contribution in [0.5, 0.6) is 5.75 Å². The van der Waals surface area contributed by atoms with Gasteiger partial charge in [-0.1, -0.05) is 18.2 Å². The standard InChI is InChI=1S/C25H33N3O5S/c1-25(2,3)27-34(31,32)21-11-9-18(10-12-21)24(30)26-20-13-15-28(16-14-20)23(29)17-19-7-5-6-8-22(19)33-4/h5-12,20,27H,13-17H2,1-4H3,(H,26,30). The number of benzene rings is 2. The van der Waals surface area contributed by atoms with E-state index in [1.165, 1.54) is 24.3 Å². The summed E-state index contributed by atoms with van der Waals surface area (Å²) in [4.78, 5) is 27.3. The molecular weight excluding hydrogens is 454 g/mol. The number of para-hydroxylation sites is 1. The van der Waals surface area contributed by atoms with Gasteiger partial charge in [0, 0.05) is 35.8 Å². The average molecular weight is 488 g/mol. The predicted octanol–water partition coefficient (Wildman–Crippen LogP) is 2.74. The second-order valence-corrected chi connectivity index (χ2v) is 11.2. The van der Waals surface area contributed by atoms with Crippen LogP contribution in [0.2, 0.25) is 0 Å². The maximum atomic E-state index is 12.7. The summed E-state index contributed by atoms with van der Waals surface area (Å²) < 4.78 is 32.8. The highest BCUT2D eigenvalue weighted by atomic mass is 32.2. The Morgan fingerprint density at radius 3 is 2.24 bits per heavy atom. The number of carbonyl (C=O) groups is 2. The molecule has 184 valence electrons. The number of rotatable bonds is 7. The number of amides is 2. The van der Waals surface area contributed by atoms with Crippen molar-refractivity contribution in [3.8, 4) is 5.75 Å². The number of carbonyl (C=O) groups excluding carboxylic acids is 2. The van der Waals surface area contributed by atoms with Gasteiger partial charge in [-0.25, -0.2) is 13.1 Å². The van der Waals surface area contributed by atoms with Gasteiger partial charge < -0.3 is 15.0 Å². The molecule has 0 radical (unpaired) electrons. The lowest BCUT2D eigenvalue weighted by atomic mass is 10.0. The van der Waals surface area contributed by atoms with Gasteiger partial charge in [-0.05, 0) is 63.9 Å². The molecule has 2 aromatic carbocycles. The summed E-state index contributed by atoms with van der Waals surface area (Å²) in [5.41, 5.74) is 0.649. The number of methoxy groups -OCH3 is 1. The van der Waals surface area contributed by atoms with Crippen molar-refractivity contribution in [3.63, 3.8) is 0 Å². The van der Waals surface area contributed by atoms with E-state index in [4.69, 9.17) is 4.74 Å². The monoisotopic (exact) mass is 487 g/mol. The lowest BCUT2D eigenvalue weighted by molar-refractivity contribution is -0.131. The molecule has 1 aliphatic rings. The van der Waals surface area contributed by atoms with Crippen LogP contribution < -0.4 is 14.8 Å². The number of hydrogen-bond acceptors (Lipinski definition) is 5. The Hall–Kier alpha value is -2.91. The van der Waals surface area contributed by atoms with Crippen LogP contribution in [-0.4, -0.2) is 56.9 Å². The van der Waals surface area contributed by atoms with Gasteiger partial charge in [0.15, 0.2) is 0 Å². The third-order valence-corrected chi connectivity index (χ3v) is 7.36. The summed E-state index contributed by atoms with van der Waals surface area (Å²) in [6.45, 7) is 6.43.